The Morgan fingerprint density at radius 3 is 2.54 bits per heavy atom. The molecule has 1 aliphatic rings. The summed E-state index contributed by atoms with van der Waals surface area (Å²) in [5.41, 5.74) is 0.913. The van der Waals surface area contributed by atoms with Gasteiger partial charge in [0, 0.05) is 5.56 Å². The monoisotopic (exact) mass is 326 g/mol. The molecule has 0 saturated carbocycles. The van der Waals surface area contributed by atoms with Crippen molar-refractivity contribution in [3.63, 3.8) is 0 Å². The molecule has 24 heavy (non-hydrogen) atoms. The second-order valence-corrected chi connectivity index (χ2v) is 5.27. The van der Waals surface area contributed by atoms with Crippen LogP contribution < -0.4 is 4.74 Å². The number of esters is 2. The zero-order chi connectivity index (χ0) is 17.1. The Morgan fingerprint density at radius 2 is 1.79 bits per heavy atom. The number of rotatable bonds is 4. The van der Waals surface area contributed by atoms with Gasteiger partial charge in [0.2, 0.25) is 6.10 Å². The minimum absolute atomic E-state index is 0.152. The van der Waals surface area contributed by atoms with Crippen LogP contribution in [0, 0.1) is 0 Å². The molecule has 0 bridgehead atoms. The van der Waals surface area contributed by atoms with Crippen molar-refractivity contribution < 1.29 is 23.8 Å². The number of hydrogen-bond donors (Lipinski definition) is 0. The van der Waals surface area contributed by atoms with E-state index in [1.165, 1.54) is 0 Å². The molecule has 0 saturated heterocycles. The van der Waals surface area contributed by atoms with E-state index in [0.717, 1.165) is 16.3 Å². The normalized spacial score (nSPS) is 15.9. The molecule has 0 aromatic heterocycles. The summed E-state index contributed by atoms with van der Waals surface area (Å²) in [5, 5.41) is 1.97. The molecule has 0 radical (unpaired) electrons. The van der Waals surface area contributed by atoms with E-state index >= 15 is 0 Å². The molecule has 0 spiro atoms. The summed E-state index contributed by atoms with van der Waals surface area (Å²) < 4.78 is 15.9. The maximum Gasteiger partial charge on any atom is 0.352 e. The molecule has 1 atom stereocenters. The third-order valence-corrected chi connectivity index (χ3v) is 3.77. The highest BCUT2D eigenvalue weighted by Crippen LogP contribution is 2.36. The van der Waals surface area contributed by atoms with Crippen LogP contribution in [0.3, 0.4) is 0 Å². The molecule has 2 aromatic carbocycles. The minimum Gasteiger partial charge on any atom is -0.473 e. The second kappa shape index (κ2) is 6.74. The topological polar surface area (TPSA) is 61.8 Å². The molecule has 0 unspecified atom stereocenters. The van der Waals surface area contributed by atoms with E-state index in [4.69, 9.17) is 14.2 Å². The predicted octanol–water partition coefficient (Wildman–Crippen LogP) is 3.11. The van der Waals surface area contributed by atoms with E-state index in [2.05, 4.69) is 0 Å². The average Bonchev–Trinajstić information content (AvgIpc) is 2.61. The highest BCUT2D eigenvalue weighted by molar-refractivity contribution is 6.05. The van der Waals surface area contributed by atoms with Gasteiger partial charge < -0.3 is 14.2 Å². The summed E-state index contributed by atoms with van der Waals surface area (Å²) in [6.45, 7) is 3.84. The summed E-state index contributed by atoms with van der Waals surface area (Å²) in [6.07, 6.45) is 0.554. The maximum absolute atomic E-state index is 12.3. The SMILES string of the molecule is CCOC(=O)C1=Cc2c(ccc3ccccc23)O[C@H]1C(=O)OCC. The van der Waals surface area contributed by atoms with Crippen LogP contribution in [0.1, 0.15) is 19.4 Å². The zero-order valence-electron chi connectivity index (χ0n) is 13.6. The van der Waals surface area contributed by atoms with Crippen LogP contribution in [0.2, 0.25) is 0 Å². The van der Waals surface area contributed by atoms with Crippen molar-refractivity contribution in [3.8, 4) is 5.75 Å². The van der Waals surface area contributed by atoms with Crippen molar-refractivity contribution in [1.82, 2.24) is 0 Å². The summed E-state index contributed by atoms with van der Waals surface area (Å²) in [6, 6.07) is 11.5. The predicted molar refractivity (Wildman–Crippen MR) is 89.6 cm³/mol. The first-order chi connectivity index (χ1) is 11.7. The van der Waals surface area contributed by atoms with Crippen LogP contribution >= 0.6 is 0 Å². The Labute approximate surface area is 139 Å². The molecule has 3 rings (SSSR count). The number of carbonyl (C=O) groups is 2. The van der Waals surface area contributed by atoms with Crippen LogP contribution in [0.4, 0.5) is 0 Å². The standard InChI is InChI=1S/C19H18O5/c1-3-22-18(20)15-11-14-13-8-6-5-7-12(13)9-10-16(14)24-17(15)19(21)23-4-2/h5-11,17H,3-4H2,1-2H3/t17-/m1/s1. The smallest absolute Gasteiger partial charge is 0.352 e. The van der Waals surface area contributed by atoms with Gasteiger partial charge in [-0.15, -0.1) is 0 Å². The zero-order valence-corrected chi connectivity index (χ0v) is 13.6. The van der Waals surface area contributed by atoms with Gasteiger partial charge in [0.15, 0.2) is 0 Å². The quantitative estimate of drug-likeness (QED) is 0.808. The average molecular weight is 326 g/mol. The Hall–Kier alpha value is -2.82. The van der Waals surface area contributed by atoms with Crippen LogP contribution in [0.15, 0.2) is 42.0 Å². The Balaban J connectivity index is 2.12. The molecule has 0 aliphatic carbocycles. The van der Waals surface area contributed by atoms with Crippen molar-refractivity contribution in [3.05, 3.63) is 47.5 Å². The lowest BCUT2D eigenvalue weighted by molar-refractivity contribution is -0.153. The Bertz CT molecular complexity index is 822. The minimum atomic E-state index is -1.11. The molecule has 1 heterocycles. The van der Waals surface area contributed by atoms with Crippen LogP contribution in [-0.4, -0.2) is 31.3 Å². The lowest BCUT2D eigenvalue weighted by atomic mass is 9.96. The molecule has 5 heteroatoms. The van der Waals surface area contributed by atoms with E-state index in [9.17, 15) is 9.59 Å². The molecular formula is C19H18O5. The first-order valence-electron chi connectivity index (χ1n) is 7.89. The molecule has 0 fully saturated rings. The Morgan fingerprint density at radius 1 is 1.04 bits per heavy atom. The number of fused-ring (bicyclic) bond motifs is 3. The van der Waals surface area contributed by atoms with E-state index in [1.807, 2.05) is 30.3 Å². The van der Waals surface area contributed by atoms with Gasteiger partial charge in [-0.1, -0.05) is 30.3 Å². The molecular weight excluding hydrogens is 308 g/mol. The first-order valence-corrected chi connectivity index (χ1v) is 7.89. The van der Waals surface area contributed by atoms with Crippen molar-refractivity contribution >= 4 is 28.8 Å². The van der Waals surface area contributed by atoms with Gasteiger partial charge in [-0.2, -0.15) is 0 Å². The fourth-order valence-corrected chi connectivity index (χ4v) is 2.72. The van der Waals surface area contributed by atoms with Crippen LogP contribution in [0.25, 0.3) is 16.8 Å². The summed E-state index contributed by atoms with van der Waals surface area (Å²) in [5.74, 6) is -0.635. The van der Waals surface area contributed by atoms with Gasteiger partial charge in [-0.3, -0.25) is 0 Å². The lowest BCUT2D eigenvalue weighted by Gasteiger charge is -2.25. The van der Waals surface area contributed by atoms with Gasteiger partial charge in [0.1, 0.15) is 5.75 Å². The van der Waals surface area contributed by atoms with Crippen molar-refractivity contribution in [2.24, 2.45) is 0 Å². The maximum atomic E-state index is 12.3. The van der Waals surface area contributed by atoms with E-state index < -0.39 is 18.0 Å². The summed E-state index contributed by atoms with van der Waals surface area (Å²) in [7, 11) is 0. The third-order valence-electron chi connectivity index (χ3n) is 3.77. The van der Waals surface area contributed by atoms with Gasteiger partial charge >= 0.3 is 11.9 Å². The summed E-state index contributed by atoms with van der Waals surface area (Å²) >= 11 is 0. The first kappa shape index (κ1) is 16.1. The Kier molecular flexibility index (Phi) is 4.51. The largest absolute Gasteiger partial charge is 0.473 e. The van der Waals surface area contributed by atoms with Crippen molar-refractivity contribution in [1.29, 1.82) is 0 Å². The van der Waals surface area contributed by atoms with Crippen LogP contribution in [0.5, 0.6) is 5.75 Å². The highest BCUT2D eigenvalue weighted by Gasteiger charge is 2.36. The fraction of sp³-hybridized carbons (Fsp3) is 0.263. The highest BCUT2D eigenvalue weighted by atomic mass is 16.6. The molecule has 0 N–H and O–H groups in total. The molecule has 124 valence electrons. The van der Waals surface area contributed by atoms with Gasteiger partial charge in [-0.25, -0.2) is 9.59 Å². The number of carbonyl (C=O) groups excluding carboxylic acids is 2. The number of benzene rings is 2. The third kappa shape index (κ3) is 2.85. The molecule has 0 amide bonds. The van der Waals surface area contributed by atoms with Crippen molar-refractivity contribution in [2.45, 2.75) is 20.0 Å². The second-order valence-electron chi connectivity index (χ2n) is 5.27. The van der Waals surface area contributed by atoms with Gasteiger partial charge in [-0.05, 0) is 36.8 Å². The lowest BCUT2D eigenvalue weighted by Crippen LogP contribution is -2.37. The number of hydrogen-bond acceptors (Lipinski definition) is 5. The van der Waals surface area contributed by atoms with E-state index in [-0.39, 0.29) is 18.8 Å². The molecule has 2 aromatic rings. The number of ether oxygens (including phenoxy) is 3. The van der Waals surface area contributed by atoms with Gasteiger partial charge in [0.05, 0.1) is 18.8 Å². The van der Waals surface area contributed by atoms with Gasteiger partial charge in [0.25, 0.3) is 0 Å². The molecule has 1 aliphatic heterocycles. The fourth-order valence-electron chi connectivity index (χ4n) is 2.72. The molecule has 5 nitrogen and oxygen atoms in total. The van der Waals surface area contributed by atoms with Crippen molar-refractivity contribution in [2.75, 3.05) is 13.2 Å². The van der Waals surface area contributed by atoms with E-state index in [0.29, 0.717) is 5.75 Å². The summed E-state index contributed by atoms with van der Waals surface area (Å²) in [4.78, 5) is 24.5. The van der Waals surface area contributed by atoms with E-state index in [1.54, 1.807) is 26.0 Å². The van der Waals surface area contributed by atoms with Crippen LogP contribution in [-0.2, 0) is 19.1 Å².